The molecule has 4 nitrogen and oxygen atoms in total. The Morgan fingerprint density at radius 3 is 2.70 bits per heavy atom. The zero-order valence-corrected chi connectivity index (χ0v) is 12.9. The molecule has 2 rings (SSSR count). The molecule has 0 bridgehead atoms. The smallest absolute Gasteiger partial charge is 0.305 e. The summed E-state index contributed by atoms with van der Waals surface area (Å²) in [4.78, 5) is 0. The van der Waals surface area contributed by atoms with Crippen LogP contribution in [0.2, 0.25) is 5.02 Å². The van der Waals surface area contributed by atoms with Crippen LogP contribution in [0.25, 0.3) is 0 Å². The molecule has 0 saturated heterocycles. The van der Waals surface area contributed by atoms with Crippen molar-refractivity contribution in [2.45, 2.75) is 24.7 Å². The number of allylic oxidation sites excluding steroid dienone is 2. The van der Waals surface area contributed by atoms with Crippen LogP contribution in [0.1, 0.15) is 24.8 Å². The van der Waals surface area contributed by atoms with Crippen molar-refractivity contribution in [1.82, 2.24) is 0 Å². The van der Waals surface area contributed by atoms with Crippen molar-refractivity contribution in [3.63, 3.8) is 0 Å². The molecule has 0 radical (unpaired) electrons. The SMILES string of the molecule is CS(=O)(=O)OC1=CCC(CN)(c2cccc(Cl)c2)CC1. The molecule has 1 aliphatic rings. The molecule has 1 atom stereocenters. The van der Waals surface area contributed by atoms with Crippen LogP contribution in [0.3, 0.4) is 0 Å². The topological polar surface area (TPSA) is 69.4 Å². The van der Waals surface area contributed by atoms with Gasteiger partial charge in [-0.15, -0.1) is 0 Å². The van der Waals surface area contributed by atoms with Gasteiger partial charge in [-0.1, -0.05) is 23.7 Å². The summed E-state index contributed by atoms with van der Waals surface area (Å²) >= 11 is 6.04. The molecule has 0 spiro atoms. The minimum Gasteiger partial charge on any atom is -0.387 e. The van der Waals surface area contributed by atoms with E-state index in [1.807, 2.05) is 30.3 Å². The van der Waals surface area contributed by atoms with E-state index in [4.69, 9.17) is 21.5 Å². The Morgan fingerprint density at radius 1 is 1.45 bits per heavy atom. The Hall–Kier alpha value is -1.04. The van der Waals surface area contributed by atoms with Crippen LogP contribution in [0.4, 0.5) is 0 Å². The summed E-state index contributed by atoms with van der Waals surface area (Å²) in [5.41, 5.74) is 6.85. The lowest BCUT2D eigenvalue weighted by Gasteiger charge is -2.35. The van der Waals surface area contributed by atoms with E-state index in [1.165, 1.54) is 0 Å². The van der Waals surface area contributed by atoms with Gasteiger partial charge in [0, 0.05) is 23.4 Å². The quantitative estimate of drug-likeness (QED) is 0.867. The molecule has 2 N–H and O–H groups in total. The van der Waals surface area contributed by atoms with Crippen molar-refractivity contribution in [3.8, 4) is 0 Å². The maximum Gasteiger partial charge on any atom is 0.305 e. The summed E-state index contributed by atoms with van der Waals surface area (Å²) in [7, 11) is -3.46. The van der Waals surface area contributed by atoms with Crippen LogP contribution in [0.5, 0.6) is 0 Å². The molecule has 1 aliphatic carbocycles. The van der Waals surface area contributed by atoms with E-state index in [1.54, 1.807) is 0 Å². The van der Waals surface area contributed by atoms with Crippen molar-refractivity contribution in [3.05, 3.63) is 46.7 Å². The van der Waals surface area contributed by atoms with Crippen molar-refractivity contribution in [1.29, 1.82) is 0 Å². The van der Waals surface area contributed by atoms with Gasteiger partial charge in [0.25, 0.3) is 0 Å². The second kappa shape index (κ2) is 5.76. The summed E-state index contributed by atoms with van der Waals surface area (Å²) in [6.45, 7) is 0.482. The van der Waals surface area contributed by atoms with Gasteiger partial charge in [0.1, 0.15) is 5.76 Å². The first kappa shape index (κ1) is 15.4. The van der Waals surface area contributed by atoms with Gasteiger partial charge in [0.2, 0.25) is 0 Å². The third kappa shape index (κ3) is 3.53. The fraction of sp³-hybridized carbons (Fsp3) is 0.429. The highest BCUT2D eigenvalue weighted by Gasteiger charge is 2.33. The average molecular weight is 316 g/mol. The van der Waals surface area contributed by atoms with Gasteiger partial charge < -0.3 is 9.92 Å². The van der Waals surface area contributed by atoms with Gasteiger partial charge in [-0.05, 0) is 36.6 Å². The van der Waals surface area contributed by atoms with Crippen LogP contribution in [0, 0.1) is 0 Å². The van der Waals surface area contributed by atoms with Gasteiger partial charge in [-0.25, -0.2) is 0 Å². The van der Waals surface area contributed by atoms with E-state index in [-0.39, 0.29) is 5.41 Å². The maximum atomic E-state index is 11.1. The molecule has 6 heteroatoms. The highest BCUT2D eigenvalue weighted by molar-refractivity contribution is 7.86. The Kier molecular flexibility index (Phi) is 4.42. The first-order chi connectivity index (χ1) is 9.35. The Bertz CT molecular complexity index is 627. The average Bonchev–Trinajstić information content (AvgIpc) is 2.38. The second-order valence-corrected chi connectivity index (χ2v) is 7.17. The summed E-state index contributed by atoms with van der Waals surface area (Å²) in [5.74, 6) is 0.499. The lowest BCUT2D eigenvalue weighted by atomic mass is 9.71. The molecule has 0 aliphatic heterocycles. The zero-order chi connectivity index (χ0) is 14.8. The molecule has 0 saturated carbocycles. The third-order valence-corrected chi connectivity index (χ3v) is 4.41. The molecular weight excluding hydrogens is 298 g/mol. The molecule has 0 amide bonds. The highest BCUT2D eigenvalue weighted by atomic mass is 35.5. The van der Waals surface area contributed by atoms with Gasteiger partial charge in [0.05, 0.1) is 6.26 Å². The van der Waals surface area contributed by atoms with Gasteiger partial charge in [-0.3, -0.25) is 0 Å². The first-order valence-corrected chi connectivity index (χ1v) is 8.59. The zero-order valence-electron chi connectivity index (χ0n) is 11.3. The predicted molar refractivity (Wildman–Crippen MR) is 80.0 cm³/mol. The van der Waals surface area contributed by atoms with Gasteiger partial charge in [0.15, 0.2) is 0 Å². The lowest BCUT2D eigenvalue weighted by molar-refractivity contribution is 0.321. The number of hydrogen-bond donors (Lipinski definition) is 1. The molecule has 0 fully saturated rings. The molecule has 1 aromatic carbocycles. The summed E-state index contributed by atoms with van der Waals surface area (Å²) in [6, 6.07) is 7.66. The van der Waals surface area contributed by atoms with Crippen LogP contribution in [-0.4, -0.2) is 21.2 Å². The Balaban J connectivity index is 2.24. The Morgan fingerprint density at radius 2 is 2.20 bits per heavy atom. The van der Waals surface area contributed by atoms with Crippen LogP contribution < -0.4 is 5.73 Å². The lowest BCUT2D eigenvalue weighted by Crippen LogP contribution is -2.36. The molecule has 20 heavy (non-hydrogen) atoms. The van der Waals surface area contributed by atoms with E-state index in [0.717, 1.165) is 18.2 Å². The molecule has 0 aromatic heterocycles. The van der Waals surface area contributed by atoms with Crippen LogP contribution >= 0.6 is 11.6 Å². The summed E-state index contributed by atoms with van der Waals surface area (Å²) in [6.07, 6.45) is 4.81. The highest BCUT2D eigenvalue weighted by Crippen LogP contribution is 2.39. The van der Waals surface area contributed by atoms with Crippen molar-refractivity contribution in [2.75, 3.05) is 12.8 Å². The van der Waals surface area contributed by atoms with Crippen LogP contribution in [0.15, 0.2) is 36.1 Å². The normalized spacial score (nSPS) is 23.2. The monoisotopic (exact) mass is 315 g/mol. The van der Waals surface area contributed by atoms with Gasteiger partial charge in [-0.2, -0.15) is 8.42 Å². The maximum absolute atomic E-state index is 11.1. The fourth-order valence-corrected chi connectivity index (χ4v) is 3.26. The van der Waals surface area contributed by atoms with E-state index in [9.17, 15) is 8.42 Å². The summed E-state index contributed by atoms with van der Waals surface area (Å²) in [5, 5.41) is 0.678. The van der Waals surface area contributed by atoms with E-state index < -0.39 is 10.1 Å². The largest absolute Gasteiger partial charge is 0.387 e. The molecule has 0 heterocycles. The van der Waals surface area contributed by atoms with E-state index in [2.05, 4.69) is 0 Å². The van der Waals surface area contributed by atoms with Crippen molar-refractivity contribution < 1.29 is 12.6 Å². The standard InChI is InChI=1S/C14H18ClNO3S/c1-20(17,18)19-13-5-7-14(10-16,8-6-13)11-3-2-4-12(15)9-11/h2-5,9H,6-8,10,16H2,1H3. The number of halogens is 1. The third-order valence-electron chi connectivity index (χ3n) is 3.66. The molecular formula is C14H18ClNO3S. The molecule has 1 unspecified atom stereocenters. The number of hydrogen-bond acceptors (Lipinski definition) is 4. The van der Waals surface area contributed by atoms with Gasteiger partial charge >= 0.3 is 10.1 Å². The van der Waals surface area contributed by atoms with E-state index >= 15 is 0 Å². The van der Waals surface area contributed by atoms with Crippen molar-refractivity contribution in [2.24, 2.45) is 5.73 Å². The van der Waals surface area contributed by atoms with Crippen LogP contribution in [-0.2, 0) is 19.7 Å². The summed E-state index contributed by atoms with van der Waals surface area (Å²) < 4.78 is 27.2. The van der Waals surface area contributed by atoms with E-state index in [0.29, 0.717) is 30.2 Å². The van der Waals surface area contributed by atoms with Crippen molar-refractivity contribution >= 4 is 21.7 Å². The minimum absolute atomic E-state index is 0.199. The molecule has 1 aromatic rings. The Labute approximate surface area is 124 Å². The predicted octanol–water partition coefficient (Wildman–Crippen LogP) is 2.58. The minimum atomic E-state index is -3.46. The number of rotatable bonds is 4. The number of nitrogens with two attached hydrogens (primary N) is 1. The first-order valence-electron chi connectivity index (χ1n) is 6.39. The fourth-order valence-electron chi connectivity index (χ4n) is 2.53. The number of benzene rings is 1. The molecule has 110 valence electrons. The second-order valence-electron chi connectivity index (χ2n) is 5.16.